The van der Waals surface area contributed by atoms with Gasteiger partial charge in [-0.05, 0) is 54.8 Å². The number of anilines is 3. The first-order valence-electron chi connectivity index (χ1n) is 9.42. The Bertz CT molecular complexity index is 1220. The van der Waals surface area contributed by atoms with Crippen molar-refractivity contribution in [1.29, 1.82) is 0 Å². The lowest BCUT2D eigenvalue weighted by Gasteiger charge is -2.10. The predicted octanol–water partition coefficient (Wildman–Crippen LogP) is 5.59. The van der Waals surface area contributed by atoms with E-state index in [1.165, 1.54) is 23.3 Å². The number of nitrogens with two attached hydrogens (primary N) is 1. The van der Waals surface area contributed by atoms with Crippen LogP contribution >= 0.6 is 11.3 Å². The summed E-state index contributed by atoms with van der Waals surface area (Å²) in [6.07, 6.45) is 2.33. The van der Waals surface area contributed by atoms with Crippen LogP contribution in [0.15, 0.2) is 48.8 Å². The van der Waals surface area contributed by atoms with Crippen molar-refractivity contribution in [1.82, 2.24) is 9.97 Å². The lowest BCUT2D eigenvalue weighted by Crippen LogP contribution is -2.19. The van der Waals surface area contributed by atoms with E-state index in [1.807, 2.05) is 24.3 Å². The molecule has 0 saturated heterocycles. The van der Waals surface area contributed by atoms with Crippen LogP contribution in [0.5, 0.6) is 0 Å². The van der Waals surface area contributed by atoms with Crippen LogP contribution in [0, 0.1) is 12.7 Å². The molecule has 0 radical (unpaired) electrons. The highest BCUT2D eigenvalue weighted by Crippen LogP contribution is 2.40. The van der Waals surface area contributed by atoms with Gasteiger partial charge in [-0.1, -0.05) is 19.1 Å². The third kappa shape index (κ3) is 3.95. The summed E-state index contributed by atoms with van der Waals surface area (Å²) in [7, 11) is 0. The molecule has 0 unspecified atom stereocenters. The maximum absolute atomic E-state index is 13.5. The van der Waals surface area contributed by atoms with Crippen molar-refractivity contribution in [2.45, 2.75) is 20.3 Å². The van der Waals surface area contributed by atoms with Gasteiger partial charge in [-0.25, -0.2) is 19.2 Å². The standard InChI is InChI=1S/C22H20FN5OS/c1-3-17-18(19-20(24)25-11-26-21(19)30-17)13-4-6-15(7-5-13)27-22(29)28-16-9-12(2)8-14(23)10-16/h4-11H,3H2,1-2H3,(H2,24,25,26)(H2,27,28,29). The number of thiophene rings is 1. The van der Waals surface area contributed by atoms with Gasteiger partial charge in [-0.2, -0.15) is 0 Å². The van der Waals surface area contributed by atoms with Gasteiger partial charge in [0.05, 0.1) is 5.39 Å². The molecule has 0 aliphatic rings. The van der Waals surface area contributed by atoms with Crippen LogP contribution < -0.4 is 16.4 Å². The number of aryl methyl sites for hydroxylation is 2. The van der Waals surface area contributed by atoms with Crippen molar-refractivity contribution < 1.29 is 9.18 Å². The largest absolute Gasteiger partial charge is 0.383 e. The van der Waals surface area contributed by atoms with Crippen LogP contribution in [-0.4, -0.2) is 16.0 Å². The van der Waals surface area contributed by atoms with Crippen molar-refractivity contribution in [2.75, 3.05) is 16.4 Å². The summed E-state index contributed by atoms with van der Waals surface area (Å²) in [6, 6.07) is 11.4. The average molecular weight is 422 g/mol. The van der Waals surface area contributed by atoms with Gasteiger partial charge in [0.15, 0.2) is 0 Å². The third-order valence-corrected chi connectivity index (χ3v) is 5.89. The van der Waals surface area contributed by atoms with Gasteiger partial charge in [0, 0.05) is 21.8 Å². The highest BCUT2D eigenvalue weighted by atomic mass is 32.1. The lowest BCUT2D eigenvalue weighted by atomic mass is 10.0. The van der Waals surface area contributed by atoms with E-state index in [0.29, 0.717) is 17.2 Å². The molecule has 2 aromatic heterocycles. The fourth-order valence-corrected chi connectivity index (χ4v) is 4.49. The molecule has 0 spiro atoms. The molecule has 152 valence electrons. The Morgan fingerprint density at radius 3 is 2.53 bits per heavy atom. The van der Waals surface area contributed by atoms with Gasteiger partial charge in [0.25, 0.3) is 0 Å². The Balaban J connectivity index is 1.56. The van der Waals surface area contributed by atoms with E-state index in [2.05, 4.69) is 27.5 Å². The molecular weight excluding hydrogens is 401 g/mol. The second kappa shape index (κ2) is 8.08. The Morgan fingerprint density at radius 2 is 1.83 bits per heavy atom. The van der Waals surface area contributed by atoms with Gasteiger partial charge < -0.3 is 16.4 Å². The van der Waals surface area contributed by atoms with E-state index in [1.54, 1.807) is 24.3 Å². The molecule has 0 saturated carbocycles. The van der Waals surface area contributed by atoms with Crippen LogP contribution in [0.1, 0.15) is 17.4 Å². The zero-order valence-corrected chi connectivity index (χ0v) is 17.3. The minimum atomic E-state index is -0.444. The first kappa shape index (κ1) is 19.8. The number of aromatic nitrogens is 2. The first-order valence-corrected chi connectivity index (χ1v) is 10.2. The van der Waals surface area contributed by atoms with Crippen LogP contribution in [0.4, 0.5) is 26.4 Å². The number of hydrogen-bond acceptors (Lipinski definition) is 5. The van der Waals surface area contributed by atoms with Crippen LogP contribution in [0.25, 0.3) is 21.3 Å². The summed E-state index contributed by atoms with van der Waals surface area (Å²) in [5.41, 5.74) is 9.87. The molecule has 6 nitrogen and oxygen atoms in total. The molecule has 0 aliphatic carbocycles. The Morgan fingerprint density at radius 1 is 1.10 bits per heavy atom. The Hall–Kier alpha value is -3.52. The maximum atomic E-state index is 13.5. The van der Waals surface area contributed by atoms with E-state index in [9.17, 15) is 9.18 Å². The second-order valence-electron chi connectivity index (χ2n) is 6.87. The monoisotopic (exact) mass is 421 g/mol. The molecule has 0 aliphatic heterocycles. The maximum Gasteiger partial charge on any atom is 0.323 e. The molecular formula is C22H20FN5OS. The fourth-order valence-electron chi connectivity index (χ4n) is 3.38. The van der Waals surface area contributed by atoms with Gasteiger partial charge in [0.1, 0.15) is 22.8 Å². The van der Waals surface area contributed by atoms with E-state index in [4.69, 9.17) is 5.73 Å². The molecule has 0 bridgehead atoms. The van der Waals surface area contributed by atoms with Gasteiger partial charge >= 0.3 is 6.03 Å². The summed E-state index contributed by atoms with van der Waals surface area (Å²) < 4.78 is 13.5. The minimum absolute atomic E-state index is 0.396. The van der Waals surface area contributed by atoms with Crippen molar-refractivity contribution in [3.8, 4) is 11.1 Å². The Labute approximate surface area is 177 Å². The molecule has 4 rings (SSSR count). The van der Waals surface area contributed by atoms with Gasteiger partial charge in [-0.3, -0.25) is 0 Å². The van der Waals surface area contributed by atoms with Crippen molar-refractivity contribution in [3.05, 3.63) is 65.0 Å². The molecule has 0 fully saturated rings. The quantitative estimate of drug-likeness (QED) is 0.400. The number of benzene rings is 2. The van der Waals surface area contributed by atoms with Gasteiger partial charge in [-0.15, -0.1) is 11.3 Å². The molecule has 8 heteroatoms. The van der Waals surface area contributed by atoms with Crippen molar-refractivity contribution in [3.63, 3.8) is 0 Å². The highest BCUT2D eigenvalue weighted by Gasteiger charge is 2.17. The topological polar surface area (TPSA) is 92.9 Å². The summed E-state index contributed by atoms with van der Waals surface area (Å²) in [5.74, 6) is 0.0607. The lowest BCUT2D eigenvalue weighted by molar-refractivity contribution is 0.262. The van der Waals surface area contributed by atoms with Crippen LogP contribution in [-0.2, 0) is 6.42 Å². The third-order valence-electron chi connectivity index (χ3n) is 4.64. The molecule has 30 heavy (non-hydrogen) atoms. The molecule has 2 heterocycles. The number of nitrogens with one attached hydrogen (secondary N) is 2. The number of nitrogen functional groups attached to an aromatic ring is 1. The van der Waals surface area contributed by atoms with E-state index >= 15 is 0 Å². The summed E-state index contributed by atoms with van der Waals surface area (Å²) in [4.78, 5) is 22.8. The number of carbonyl (C=O) groups excluding carboxylic acids is 1. The highest BCUT2D eigenvalue weighted by molar-refractivity contribution is 7.19. The van der Waals surface area contributed by atoms with Crippen LogP contribution in [0.3, 0.4) is 0 Å². The van der Waals surface area contributed by atoms with E-state index in [-0.39, 0.29) is 0 Å². The normalized spacial score (nSPS) is 10.9. The zero-order chi connectivity index (χ0) is 21.3. The minimum Gasteiger partial charge on any atom is -0.383 e. The van der Waals surface area contributed by atoms with E-state index < -0.39 is 11.8 Å². The number of nitrogens with zero attached hydrogens (tertiary/aromatic N) is 2. The molecule has 0 atom stereocenters. The summed E-state index contributed by atoms with van der Waals surface area (Å²) in [6.45, 7) is 3.85. The fraction of sp³-hybridized carbons (Fsp3) is 0.136. The zero-order valence-electron chi connectivity index (χ0n) is 16.5. The number of amides is 2. The number of rotatable bonds is 4. The summed E-state index contributed by atoms with van der Waals surface area (Å²) >= 11 is 1.61. The average Bonchev–Trinajstić information content (AvgIpc) is 3.08. The predicted molar refractivity (Wildman–Crippen MR) is 120 cm³/mol. The van der Waals surface area contributed by atoms with E-state index in [0.717, 1.165) is 33.3 Å². The Kier molecular flexibility index (Phi) is 5.33. The smallest absolute Gasteiger partial charge is 0.323 e. The second-order valence-corrected chi connectivity index (χ2v) is 7.95. The van der Waals surface area contributed by atoms with Gasteiger partial charge in [0.2, 0.25) is 0 Å². The van der Waals surface area contributed by atoms with Crippen molar-refractivity contribution >= 4 is 44.8 Å². The molecule has 2 aromatic carbocycles. The molecule has 4 N–H and O–H groups in total. The summed E-state index contributed by atoms with van der Waals surface area (Å²) in [5, 5.41) is 6.26. The first-order chi connectivity index (χ1) is 14.4. The molecule has 4 aromatic rings. The number of fused-ring (bicyclic) bond motifs is 1. The van der Waals surface area contributed by atoms with Crippen LogP contribution in [0.2, 0.25) is 0 Å². The number of urea groups is 1. The number of halogens is 1. The molecule has 2 amide bonds. The SMILES string of the molecule is CCc1sc2ncnc(N)c2c1-c1ccc(NC(=O)Nc2cc(C)cc(F)c2)cc1. The number of carbonyl (C=O) groups is 1. The van der Waals surface area contributed by atoms with Crippen molar-refractivity contribution in [2.24, 2.45) is 0 Å². The number of hydrogen-bond donors (Lipinski definition) is 3.